The van der Waals surface area contributed by atoms with E-state index in [1.165, 1.54) is 0 Å². The third-order valence-electron chi connectivity index (χ3n) is 2.82. The predicted octanol–water partition coefficient (Wildman–Crippen LogP) is 0.189. The number of rotatable bonds is 3. The van der Waals surface area contributed by atoms with Gasteiger partial charge in [-0.15, -0.1) is 6.42 Å². The summed E-state index contributed by atoms with van der Waals surface area (Å²) in [5.74, 6) is 2.54. The molecule has 0 fully saturated rings. The Bertz CT molecular complexity index is 450. The molecular formula is C13H15N3O. The molecule has 0 bridgehead atoms. The number of nitrogens with zero attached hydrogens (tertiary/aromatic N) is 2. The molecule has 2 heterocycles. The van der Waals surface area contributed by atoms with E-state index in [-0.39, 0.29) is 5.91 Å². The molecule has 88 valence electrons. The largest absolute Gasteiger partial charge is 0.337 e. The number of carbonyl (C=O) groups is 1. The van der Waals surface area contributed by atoms with Gasteiger partial charge in [0.15, 0.2) is 0 Å². The molecule has 0 saturated carbocycles. The quantitative estimate of drug-likeness (QED) is 0.594. The van der Waals surface area contributed by atoms with Crippen molar-refractivity contribution in [1.29, 1.82) is 0 Å². The number of pyridine rings is 1. The second-order valence-electron chi connectivity index (χ2n) is 3.98. The van der Waals surface area contributed by atoms with E-state index in [1.807, 2.05) is 17.0 Å². The van der Waals surface area contributed by atoms with Gasteiger partial charge >= 0.3 is 0 Å². The summed E-state index contributed by atoms with van der Waals surface area (Å²) in [6.07, 6.45) is 7.74. The van der Waals surface area contributed by atoms with Gasteiger partial charge in [-0.3, -0.25) is 15.1 Å². The van der Waals surface area contributed by atoms with Gasteiger partial charge in [0, 0.05) is 31.4 Å². The Morgan fingerprint density at radius 2 is 2.53 bits per heavy atom. The standard InChI is InChI=1S/C13H15N3O/c1-2-6-14-9-13(17)16-8-5-12-11(10-16)4-3-7-15-12/h1,3-4,7,14H,5-6,8-10H2. The molecule has 4 nitrogen and oxygen atoms in total. The summed E-state index contributed by atoms with van der Waals surface area (Å²) in [6.45, 7) is 2.12. The first-order valence-electron chi connectivity index (χ1n) is 5.66. The van der Waals surface area contributed by atoms with Crippen LogP contribution in [0.5, 0.6) is 0 Å². The van der Waals surface area contributed by atoms with Crippen LogP contribution in [0.4, 0.5) is 0 Å². The molecule has 0 aromatic carbocycles. The number of carbonyl (C=O) groups excluding carboxylic acids is 1. The van der Waals surface area contributed by atoms with Crippen molar-refractivity contribution in [1.82, 2.24) is 15.2 Å². The van der Waals surface area contributed by atoms with Gasteiger partial charge in [-0.1, -0.05) is 12.0 Å². The molecule has 1 aromatic heterocycles. The Morgan fingerprint density at radius 1 is 1.65 bits per heavy atom. The number of aromatic nitrogens is 1. The molecule has 0 aliphatic carbocycles. The molecule has 1 N–H and O–H groups in total. The van der Waals surface area contributed by atoms with E-state index in [9.17, 15) is 4.79 Å². The molecule has 1 aromatic rings. The first-order chi connectivity index (χ1) is 8.31. The third-order valence-corrected chi connectivity index (χ3v) is 2.82. The Kier molecular flexibility index (Phi) is 3.73. The molecule has 4 heteroatoms. The van der Waals surface area contributed by atoms with E-state index in [4.69, 9.17) is 6.42 Å². The zero-order valence-electron chi connectivity index (χ0n) is 9.65. The average molecular weight is 229 g/mol. The second kappa shape index (κ2) is 5.46. The van der Waals surface area contributed by atoms with Crippen molar-refractivity contribution in [2.45, 2.75) is 13.0 Å². The fourth-order valence-electron chi connectivity index (χ4n) is 1.93. The summed E-state index contributed by atoms with van der Waals surface area (Å²) in [6, 6.07) is 3.93. The van der Waals surface area contributed by atoms with Crippen LogP contribution in [0, 0.1) is 12.3 Å². The van der Waals surface area contributed by atoms with Crippen LogP contribution in [0.1, 0.15) is 11.3 Å². The lowest BCUT2D eigenvalue weighted by Gasteiger charge is -2.28. The third kappa shape index (κ3) is 2.83. The minimum atomic E-state index is 0.0924. The van der Waals surface area contributed by atoms with Crippen molar-refractivity contribution in [2.75, 3.05) is 19.6 Å². The lowest BCUT2D eigenvalue weighted by Crippen LogP contribution is -2.41. The molecule has 17 heavy (non-hydrogen) atoms. The van der Waals surface area contributed by atoms with E-state index in [0.29, 0.717) is 19.6 Å². The lowest BCUT2D eigenvalue weighted by atomic mass is 10.1. The number of terminal acetylenes is 1. The monoisotopic (exact) mass is 229 g/mol. The molecule has 0 spiro atoms. The average Bonchev–Trinajstić information content (AvgIpc) is 2.38. The highest BCUT2D eigenvalue weighted by Gasteiger charge is 2.20. The SMILES string of the molecule is C#CCNCC(=O)N1CCc2ncccc2C1. The van der Waals surface area contributed by atoms with Gasteiger partial charge in [-0.25, -0.2) is 0 Å². The van der Waals surface area contributed by atoms with E-state index in [1.54, 1.807) is 6.20 Å². The van der Waals surface area contributed by atoms with Crippen LogP contribution in [0.25, 0.3) is 0 Å². The molecule has 1 aliphatic rings. The minimum Gasteiger partial charge on any atom is -0.337 e. The van der Waals surface area contributed by atoms with Crippen molar-refractivity contribution in [3.05, 3.63) is 29.6 Å². The highest BCUT2D eigenvalue weighted by atomic mass is 16.2. The second-order valence-corrected chi connectivity index (χ2v) is 3.98. The maximum atomic E-state index is 11.9. The topological polar surface area (TPSA) is 45.2 Å². The normalized spacial score (nSPS) is 13.9. The van der Waals surface area contributed by atoms with Crippen molar-refractivity contribution < 1.29 is 4.79 Å². The highest BCUT2D eigenvalue weighted by Crippen LogP contribution is 2.15. The highest BCUT2D eigenvalue weighted by molar-refractivity contribution is 5.78. The molecule has 0 atom stereocenters. The van der Waals surface area contributed by atoms with Crippen molar-refractivity contribution in [3.8, 4) is 12.3 Å². The van der Waals surface area contributed by atoms with Crippen LogP contribution in [0.3, 0.4) is 0 Å². The molecule has 2 rings (SSSR count). The Morgan fingerprint density at radius 3 is 3.35 bits per heavy atom. The number of amides is 1. The number of hydrogen-bond donors (Lipinski definition) is 1. The van der Waals surface area contributed by atoms with Gasteiger partial charge in [0.2, 0.25) is 5.91 Å². The zero-order chi connectivity index (χ0) is 12.1. The van der Waals surface area contributed by atoms with Crippen LogP contribution in [0.2, 0.25) is 0 Å². The van der Waals surface area contributed by atoms with Crippen molar-refractivity contribution in [2.24, 2.45) is 0 Å². The van der Waals surface area contributed by atoms with Gasteiger partial charge in [-0.05, 0) is 11.6 Å². The first kappa shape index (κ1) is 11.6. The summed E-state index contributed by atoms with van der Waals surface area (Å²) in [4.78, 5) is 18.0. The van der Waals surface area contributed by atoms with Crippen molar-refractivity contribution in [3.63, 3.8) is 0 Å². The Hall–Kier alpha value is -1.86. The van der Waals surface area contributed by atoms with Crippen LogP contribution >= 0.6 is 0 Å². The number of nitrogens with one attached hydrogen (secondary N) is 1. The zero-order valence-corrected chi connectivity index (χ0v) is 9.65. The minimum absolute atomic E-state index is 0.0924. The first-order valence-corrected chi connectivity index (χ1v) is 5.66. The van der Waals surface area contributed by atoms with Gasteiger partial charge in [0.25, 0.3) is 0 Å². The summed E-state index contributed by atoms with van der Waals surface area (Å²) in [7, 11) is 0. The van der Waals surface area contributed by atoms with E-state index in [2.05, 4.69) is 16.2 Å². The maximum absolute atomic E-state index is 11.9. The van der Waals surface area contributed by atoms with Gasteiger partial charge in [0.05, 0.1) is 13.1 Å². The molecule has 0 unspecified atom stereocenters. The van der Waals surface area contributed by atoms with Gasteiger partial charge in [-0.2, -0.15) is 0 Å². The Labute approximate surface area is 101 Å². The Balaban J connectivity index is 1.93. The van der Waals surface area contributed by atoms with Gasteiger partial charge in [0.1, 0.15) is 0 Å². The van der Waals surface area contributed by atoms with Gasteiger partial charge < -0.3 is 4.90 Å². The molecular weight excluding hydrogens is 214 g/mol. The molecule has 1 amide bonds. The molecule has 0 radical (unpaired) electrons. The molecule has 0 saturated heterocycles. The summed E-state index contributed by atoms with van der Waals surface area (Å²) in [5.41, 5.74) is 2.25. The van der Waals surface area contributed by atoms with Crippen LogP contribution in [-0.4, -0.2) is 35.4 Å². The van der Waals surface area contributed by atoms with E-state index in [0.717, 1.165) is 24.2 Å². The molecule has 1 aliphatic heterocycles. The maximum Gasteiger partial charge on any atom is 0.236 e. The number of fused-ring (bicyclic) bond motifs is 1. The van der Waals surface area contributed by atoms with E-state index < -0.39 is 0 Å². The summed E-state index contributed by atoms with van der Waals surface area (Å²) in [5, 5.41) is 2.91. The predicted molar refractivity (Wildman–Crippen MR) is 65.1 cm³/mol. The van der Waals surface area contributed by atoms with Crippen molar-refractivity contribution >= 4 is 5.91 Å². The van der Waals surface area contributed by atoms with Crippen LogP contribution < -0.4 is 5.32 Å². The summed E-state index contributed by atoms with van der Waals surface area (Å²) >= 11 is 0. The summed E-state index contributed by atoms with van der Waals surface area (Å²) < 4.78 is 0. The van der Waals surface area contributed by atoms with Crippen LogP contribution in [-0.2, 0) is 17.8 Å². The fraction of sp³-hybridized carbons (Fsp3) is 0.385. The fourth-order valence-corrected chi connectivity index (χ4v) is 1.93. The smallest absolute Gasteiger partial charge is 0.236 e. The lowest BCUT2D eigenvalue weighted by molar-refractivity contribution is -0.131. The van der Waals surface area contributed by atoms with E-state index >= 15 is 0 Å². The van der Waals surface area contributed by atoms with Crippen LogP contribution in [0.15, 0.2) is 18.3 Å². The number of hydrogen-bond acceptors (Lipinski definition) is 3.